The minimum atomic E-state index is -0.261. The Bertz CT molecular complexity index is 553. The lowest BCUT2D eigenvalue weighted by Gasteiger charge is -2.32. The molecule has 0 bridgehead atoms. The lowest BCUT2D eigenvalue weighted by molar-refractivity contribution is -0.137. The Labute approximate surface area is 128 Å². The molecule has 1 fully saturated rings. The molecule has 1 aromatic carbocycles. The first-order chi connectivity index (χ1) is 10.7. The average Bonchev–Trinajstić information content (AvgIpc) is 2.59. The molecule has 0 aliphatic carbocycles. The highest BCUT2D eigenvalue weighted by Gasteiger charge is 2.21. The smallest absolute Gasteiger partial charge is 0.260 e. The lowest BCUT2D eigenvalue weighted by Crippen LogP contribution is -2.49. The molecule has 118 valence electrons. The highest BCUT2D eigenvalue weighted by Crippen LogP contribution is 2.17. The Morgan fingerprint density at radius 1 is 1.23 bits per heavy atom. The van der Waals surface area contributed by atoms with Gasteiger partial charge in [0.05, 0.1) is 5.56 Å². The molecule has 22 heavy (non-hydrogen) atoms. The van der Waals surface area contributed by atoms with Crippen LogP contribution in [0.3, 0.4) is 0 Å². The van der Waals surface area contributed by atoms with Crippen molar-refractivity contribution in [2.24, 2.45) is 0 Å². The Hall–Kier alpha value is -2.57. The third-order valence-corrected chi connectivity index (χ3v) is 3.53. The van der Waals surface area contributed by atoms with Crippen molar-refractivity contribution in [3.05, 3.63) is 29.8 Å². The van der Waals surface area contributed by atoms with Crippen molar-refractivity contribution in [2.45, 2.75) is 0 Å². The summed E-state index contributed by atoms with van der Waals surface area (Å²) in [5, 5.41) is 2.53. The zero-order valence-electron chi connectivity index (χ0n) is 12.4. The molecule has 0 spiro atoms. The van der Waals surface area contributed by atoms with Gasteiger partial charge in [0, 0.05) is 33.2 Å². The van der Waals surface area contributed by atoms with Crippen LogP contribution in [0, 0.1) is 0 Å². The Morgan fingerprint density at radius 2 is 1.91 bits per heavy atom. The van der Waals surface area contributed by atoms with E-state index in [4.69, 9.17) is 4.74 Å². The minimum Gasteiger partial charge on any atom is -0.483 e. The van der Waals surface area contributed by atoms with Crippen LogP contribution in [-0.4, -0.2) is 67.9 Å². The molecule has 0 aromatic heterocycles. The predicted molar refractivity (Wildman–Crippen MR) is 79.5 cm³/mol. The number of ether oxygens (including phenoxy) is 1. The molecule has 0 atom stereocenters. The van der Waals surface area contributed by atoms with E-state index < -0.39 is 0 Å². The van der Waals surface area contributed by atoms with Crippen molar-refractivity contribution >= 4 is 18.2 Å². The van der Waals surface area contributed by atoms with Gasteiger partial charge in [-0.2, -0.15) is 0 Å². The molecular weight excluding hydrogens is 286 g/mol. The lowest BCUT2D eigenvalue weighted by atomic mass is 10.2. The molecule has 1 N–H and O–H groups in total. The molecule has 1 heterocycles. The van der Waals surface area contributed by atoms with Gasteiger partial charge >= 0.3 is 0 Å². The van der Waals surface area contributed by atoms with E-state index in [9.17, 15) is 14.4 Å². The van der Waals surface area contributed by atoms with Crippen molar-refractivity contribution in [2.75, 3.05) is 39.8 Å². The molecule has 0 unspecified atom stereocenters. The maximum atomic E-state index is 12.1. The van der Waals surface area contributed by atoms with E-state index in [1.54, 1.807) is 34.1 Å². The van der Waals surface area contributed by atoms with Gasteiger partial charge in [-0.3, -0.25) is 14.4 Å². The Kier molecular flexibility index (Phi) is 5.35. The number of nitrogens with zero attached hydrogens (tertiary/aromatic N) is 2. The number of hydrogen-bond acceptors (Lipinski definition) is 4. The van der Waals surface area contributed by atoms with Crippen LogP contribution in [0.2, 0.25) is 0 Å². The first-order valence-corrected chi connectivity index (χ1v) is 7.06. The summed E-state index contributed by atoms with van der Waals surface area (Å²) < 4.78 is 5.49. The zero-order chi connectivity index (χ0) is 15.9. The molecule has 0 radical (unpaired) electrons. The van der Waals surface area contributed by atoms with Crippen molar-refractivity contribution in [3.63, 3.8) is 0 Å². The van der Waals surface area contributed by atoms with Crippen molar-refractivity contribution in [3.8, 4) is 5.75 Å². The number of piperazine rings is 1. The van der Waals surface area contributed by atoms with Crippen molar-refractivity contribution in [1.82, 2.24) is 15.1 Å². The van der Waals surface area contributed by atoms with Gasteiger partial charge in [0.25, 0.3) is 11.8 Å². The Balaban J connectivity index is 1.92. The number of amides is 3. The van der Waals surface area contributed by atoms with E-state index in [0.717, 1.165) is 6.41 Å². The van der Waals surface area contributed by atoms with Crippen LogP contribution in [-0.2, 0) is 9.59 Å². The Morgan fingerprint density at radius 3 is 2.55 bits per heavy atom. The monoisotopic (exact) mass is 305 g/mol. The summed E-state index contributed by atoms with van der Waals surface area (Å²) in [4.78, 5) is 37.8. The fourth-order valence-corrected chi connectivity index (χ4v) is 2.22. The van der Waals surface area contributed by atoms with Gasteiger partial charge in [-0.15, -0.1) is 0 Å². The molecule has 0 saturated carbocycles. The van der Waals surface area contributed by atoms with Gasteiger partial charge in [-0.25, -0.2) is 0 Å². The number of carbonyl (C=O) groups is 3. The molecule has 1 aliphatic heterocycles. The molecule has 1 saturated heterocycles. The van der Waals surface area contributed by atoms with Crippen molar-refractivity contribution < 1.29 is 19.1 Å². The fraction of sp³-hybridized carbons (Fsp3) is 0.400. The largest absolute Gasteiger partial charge is 0.483 e. The van der Waals surface area contributed by atoms with Gasteiger partial charge in [-0.1, -0.05) is 12.1 Å². The molecule has 1 aliphatic rings. The van der Waals surface area contributed by atoms with E-state index in [1.807, 2.05) is 0 Å². The second-order valence-electron chi connectivity index (χ2n) is 4.89. The summed E-state index contributed by atoms with van der Waals surface area (Å²) in [5.74, 6) is -0.0402. The van der Waals surface area contributed by atoms with Crippen LogP contribution in [0.25, 0.3) is 0 Å². The second-order valence-corrected chi connectivity index (χ2v) is 4.89. The minimum absolute atomic E-state index is 0.130. The van der Waals surface area contributed by atoms with E-state index in [-0.39, 0.29) is 18.4 Å². The predicted octanol–water partition coefficient (Wildman–Crippen LogP) is -0.274. The number of hydrogen-bond donors (Lipinski definition) is 1. The summed E-state index contributed by atoms with van der Waals surface area (Å²) in [7, 11) is 1.54. The zero-order valence-corrected chi connectivity index (χ0v) is 12.4. The van der Waals surface area contributed by atoms with E-state index in [0.29, 0.717) is 37.5 Å². The third kappa shape index (κ3) is 3.75. The molecule has 2 rings (SSSR count). The van der Waals surface area contributed by atoms with Crippen LogP contribution in [0.4, 0.5) is 0 Å². The van der Waals surface area contributed by atoms with Gasteiger partial charge in [0.2, 0.25) is 6.41 Å². The summed E-state index contributed by atoms with van der Waals surface area (Å²) in [6.45, 7) is 1.93. The van der Waals surface area contributed by atoms with Crippen LogP contribution >= 0.6 is 0 Å². The van der Waals surface area contributed by atoms with Gasteiger partial charge < -0.3 is 19.9 Å². The standard InChI is InChI=1S/C15H19N3O4/c1-16-15(21)12-4-2-3-5-13(12)22-10-14(20)18-8-6-17(11-19)7-9-18/h2-5,11H,6-10H2,1H3,(H,16,21). The highest BCUT2D eigenvalue weighted by atomic mass is 16.5. The fourth-order valence-electron chi connectivity index (χ4n) is 2.22. The second kappa shape index (κ2) is 7.44. The number of benzene rings is 1. The van der Waals surface area contributed by atoms with Crippen LogP contribution < -0.4 is 10.1 Å². The number of carbonyl (C=O) groups excluding carboxylic acids is 3. The number of nitrogens with one attached hydrogen (secondary N) is 1. The maximum absolute atomic E-state index is 12.1. The topological polar surface area (TPSA) is 79.0 Å². The molecule has 7 nitrogen and oxygen atoms in total. The highest BCUT2D eigenvalue weighted by molar-refractivity contribution is 5.96. The van der Waals surface area contributed by atoms with Gasteiger partial charge in [0.1, 0.15) is 5.75 Å². The van der Waals surface area contributed by atoms with Crippen LogP contribution in [0.15, 0.2) is 24.3 Å². The van der Waals surface area contributed by atoms with Crippen LogP contribution in [0.5, 0.6) is 5.75 Å². The molecule has 3 amide bonds. The SMILES string of the molecule is CNC(=O)c1ccccc1OCC(=O)N1CCN(C=O)CC1. The summed E-state index contributed by atoms with van der Waals surface area (Å²) in [6.07, 6.45) is 0.790. The summed E-state index contributed by atoms with van der Waals surface area (Å²) in [5.41, 5.74) is 0.392. The van der Waals surface area contributed by atoms with E-state index in [2.05, 4.69) is 5.32 Å². The molecule has 1 aromatic rings. The van der Waals surface area contributed by atoms with Gasteiger partial charge in [0.15, 0.2) is 6.61 Å². The maximum Gasteiger partial charge on any atom is 0.260 e. The third-order valence-electron chi connectivity index (χ3n) is 3.53. The first-order valence-electron chi connectivity index (χ1n) is 7.06. The normalized spacial score (nSPS) is 14.4. The quantitative estimate of drug-likeness (QED) is 0.759. The van der Waals surface area contributed by atoms with E-state index in [1.165, 1.54) is 7.05 Å². The summed E-state index contributed by atoms with van der Waals surface area (Å²) in [6, 6.07) is 6.77. The number of rotatable bonds is 5. The molecular formula is C15H19N3O4. The molecule has 7 heteroatoms. The average molecular weight is 305 g/mol. The van der Waals surface area contributed by atoms with E-state index >= 15 is 0 Å². The van der Waals surface area contributed by atoms with Crippen LogP contribution in [0.1, 0.15) is 10.4 Å². The number of para-hydroxylation sites is 1. The summed E-state index contributed by atoms with van der Waals surface area (Å²) >= 11 is 0. The first kappa shape index (κ1) is 15.8. The van der Waals surface area contributed by atoms with Gasteiger partial charge in [-0.05, 0) is 12.1 Å². The van der Waals surface area contributed by atoms with Crippen molar-refractivity contribution in [1.29, 1.82) is 0 Å².